The maximum absolute atomic E-state index is 13.5. The van der Waals surface area contributed by atoms with E-state index in [0.29, 0.717) is 44.8 Å². The first-order chi connectivity index (χ1) is 16.2. The average molecular weight is 467 g/mol. The molecule has 0 bridgehead atoms. The molecule has 7 heteroatoms. The van der Waals surface area contributed by atoms with Crippen molar-refractivity contribution in [1.29, 1.82) is 0 Å². The Kier molecular flexibility index (Phi) is 6.84. The first-order valence-electron chi connectivity index (χ1n) is 11.8. The molecular formula is C27H34N2O5. The standard InChI is InChI=1S/C27H34N2O5/c1-18-22-10-12-28(26(31)34-27(2,3)4)11-9-20(22)16-23-24(18)29(13-14-33-23)25(30)21-8-6-7-19(15-21)17-32-5/h6-8,15-16H,9-14,17H2,1-5H3. The first kappa shape index (κ1) is 24.1. The van der Waals surface area contributed by atoms with Gasteiger partial charge in [0.1, 0.15) is 18.0 Å². The largest absolute Gasteiger partial charge is 0.490 e. The summed E-state index contributed by atoms with van der Waals surface area (Å²) in [6.07, 6.45) is 1.14. The van der Waals surface area contributed by atoms with Crippen LogP contribution >= 0.6 is 0 Å². The number of amides is 2. The summed E-state index contributed by atoms with van der Waals surface area (Å²) in [7, 11) is 1.64. The molecule has 0 aromatic heterocycles. The highest BCUT2D eigenvalue weighted by Crippen LogP contribution is 2.40. The molecular weight excluding hydrogens is 432 g/mol. The number of carbonyl (C=O) groups is 2. The molecule has 7 nitrogen and oxygen atoms in total. The zero-order valence-corrected chi connectivity index (χ0v) is 20.8. The van der Waals surface area contributed by atoms with E-state index < -0.39 is 5.60 Å². The van der Waals surface area contributed by atoms with Crippen molar-refractivity contribution in [2.24, 2.45) is 0 Å². The van der Waals surface area contributed by atoms with E-state index in [1.54, 1.807) is 12.0 Å². The Bertz CT molecular complexity index is 1090. The van der Waals surface area contributed by atoms with E-state index in [4.69, 9.17) is 14.2 Å². The Balaban J connectivity index is 1.62. The van der Waals surface area contributed by atoms with Crippen LogP contribution in [0.25, 0.3) is 0 Å². The molecule has 182 valence electrons. The molecule has 0 saturated carbocycles. The molecule has 2 heterocycles. The lowest BCUT2D eigenvalue weighted by Crippen LogP contribution is -2.39. The minimum absolute atomic E-state index is 0.0467. The summed E-state index contributed by atoms with van der Waals surface area (Å²) in [5.74, 6) is 0.684. The molecule has 4 rings (SSSR count). The molecule has 0 N–H and O–H groups in total. The third kappa shape index (κ3) is 5.04. The van der Waals surface area contributed by atoms with Gasteiger partial charge in [0.15, 0.2) is 0 Å². The summed E-state index contributed by atoms with van der Waals surface area (Å²) in [6.45, 7) is 10.3. The maximum atomic E-state index is 13.5. The van der Waals surface area contributed by atoms with Crippen LogP contribution in [0.5, 0.6) is 5.75 Å². The van der Waals surface area contributed by atoms with Crippen molar-refractivity contribution in [3.8, 4) is 5.75 Å². The fourth-order valence-corrected chi connectivity index (χ4v) is 4.70. The minimum Gasteiger partial charge on any atom is -0.490 e. The molecule has 2 aliphatic rings. The van der Waals surface area contributed by atoms with Gasteiger partial charge in [-0.2, -0.15) is 0 Å². The Morgan fingerprint density at radius 3 is 2.59 bits per heavy atom. The maximum Gasteiger partial charge on any atom is 0.410 e. The zero-order chi connectivity index (χ0) is 24.5. The summed E-state index contributed by atoms with van der Waals surface area (Å²) in [6, 6.07) is 9.62. The molecule has 0 unspecified atom stereocenters. The van der Waals surface area contributed by atoms with E-state index in [1.165, 1.54) is 11.1 Å². The van der Waals surface area contributed by atoms with Crippen molar-refractivity contribution in [1.82, 2.24) is 4.90 Å². The van der Waals surface area contributed by atoms with E-state index in [1.807, 2.05) is 49.9 Å². The number of nitrogens with zero attached hydrogens (tertiary/aromatic N) is 2. The second kappa shape index (κ2) is 9.66. The van der Waals surface area contributed by atoms with Gasteiger partial charge in [0.25, 0.3) is 5.91 Å². The number of hydrogen-bond acceptors (Lipinski definition) is 5. The van der Waals surface area contributed by atoms with Gasteiger partial charge in [0.2, 0.25) is 0 Å². The van der Waals surface area contributed by atoms with Crippen molar-refractivity contribution in [2.75, 3.05) is 38.3 Å². The SMILES string of the molecule is COCc1cccc(C(=O)N2CCOc3cc4c(c(C)c32)CCN(C(=O)OC(C)(C)C)CC4)c1. The first-order valence-corrected chi connectivity index (χ1v) is 11.8. The minimum atomic E-state index is -0.527. The molecule has 2 aliphatic heterocycles. The summed E-state index contributed by atoms with van der Waals surface area (Å²) in [5.41, 5.74) is 5.29. The highest BCUT2D eigenvalue weighted by atomic mass is 16.6. The van der Waals surface area contributed by atoms with Gasteiger partial charge in [-0.3, -0.25) is 4.79 Å². The van der Waals surface area contributed by atoms with Gasteiger partial charge in [-0.25, -0.2) is 4.79 Å². The molecule has 0 radical (unpaired) electrons. The van der Waals surface area contributed by atoms with Crippen molar-refractivity contribution in [3.05, 3.63) is 58.1 Å². The van der Waals surface area contributed by atoms with Gasteiger partial charge in [-0.05, 0) is 81.0 Å². The van der Waals surface area contributed by atoms with Crippen molar-refractivity contribution in [3.63, 3.8) is 0 Å². The zero-order valence-electron chi connectivity index (χ0n) is 20.8. The lowest BCUT2D eigenvalue weighted by Gasteiger charge is -2.33. The van der Waals surface area contributed by atoms with E-state index >= 15 is 0 Å². The van der Waals surface area contributed by atoms with Gasteiger partial charge < -0.3 is 24.0 Å². The molecule has 0 fully saturated rings. The Hall–Kier alpha value is -3.06. The Morgan fingerprint density at radius 2 is 1.85 bits per heavy atom. The number of carbonyl (C=O) groups excluding carboxylic acids is 2. The monoisotopic (exact) mass is 466 g/mol. The van der Waals surface area contributed by atoms with Crippen molar-refractivity contribution in [2.45, 2.75) is 52.7 Å². The topological polar surface area (TPSA) is 68.3 Å². The number of benzene rings is 2. The molecule has 0 spiro atoms. The molecule has 34 heavy (non-hydrogen) atoms. The quantitative estimate of drug-likeness (QED) is 0.666. The highest BCUT2D eigenvalue weighted by Gasteiger charge is 2.31. The lowest BCUT2D eigenvalue weighted by atomic mass is 9.94. The van der Waals surface area contributed by atoms with Crippen LogP contribution in [0.15, 0.2) is 30.3 Å². The molecule has 0 atom stereocenters. The average Bonchev–Trinajstić information content (AvgIpc) is 3.01. The van der Waals surface area contributed by atoms with Crippen molar-refractivity contribution >= 4 is 17.7 Å². The summed E-state index contributed by atoms with van der Waals surface area (Å²) < 4.78 is 16.8. The second-order valence-electron chi connectivity index (χ2n) is 9.89. The molecule has 2 aromatic carbocycles. The van der Waals surface area contributed by atoms with Crippen molar-refractivity contribution < 1.29 is 23.8 Å². The number of rotatable bonds is 3. The number of anilines is 1. The van der Waals surface area contributed by atoms with Crippen LogP contribution in [0.3, 0.4) is 0 Å². The fourth-order valence-electron chi connectivity index (χ4n) is 4.70. The van der Waals surface area contributed by atoms with E-state index in [0.717, 1.165) is 29.0 Å². The third-order valence-corrected chi connectivity index (χ3v) is 6.24. The number of fused-ring (bicyclic) bond motifs is 2. The van der Waals surface area contributed by atoms with E-state index in [2.05, 4.69) is 13.0 Å². The molecule has 0 saturated heterocycles. The van der Waals surface area contributed by atoms with Gasteiger partial charge >= 0.3 is 6.09 Å². The van der Waals surface area contributed by atoms with Crippen LogP contribution < -0.4 is 9.64 Å². The number of hydrogen-bond donors (Lipinski definition) is 0. The smallest absolute Gasteiger partial charge is 0.410 e. The highest BCUT2D eigenvalue weighted by molar-refractivity contribution is 6.07. The van der Waals surface area contributed by atoms with Crippen LogP contribution in [0.1, 0.15) is 53.4 Å². The van der Waals surface area contributed by atoms with E-state index in [-0.39, 0.29) is 12.0 Å². The van der Waals surface area contributed by atoms with E-state index in [9.17, 15) is 9.59 Å². The Morgan fingerprint density at radius 1 is 1.09 bits per heavy atom. The molecule has 2 aromatic rings. The van der Waals surface area contributed by atoms with Crippen LogP contribution in [-0.4, -0.2) is 55.9 Å². The van der Waals surface area contributed by atoms with Crippen LogP contribution in [0.2, 0.25) is 0 Å². The summed E-state index contributed by atoms with van der Waals surface area (Å²) >= 11 is 0. The summed E-state index contributed by atoms with van der Waals surface area (Å²) in [5, 5.41) is 0. The Labute approximate surface area is 201 Å². The van der Waals surface area contributed by atoms with Gasteiger partial charge in [0.05, 0.1) is 18.8 Å². The molecule has 0 aliphatic carbocycles. The second-order valence-corrected chi connectivity index (χ2v) is 9.89. The van der Waals surface area contributed by atoms with Gasteiger partial charge in [0, 0.05) is 25.8 Å². The number of ether oxygens (including phenoxy) is 3. The molecule has 2 amide bonds. The van der Waals surface area contributed by atoms with Gasteiger partial charge in [-0.1, -0.05) is 12.1 Å². The third-order valence-electron chi connectivity index (χ3n) is 6.24. The predicted molar refractivity (Wildman–Crippen MR) is 131 cm³/mol. The predicted octanol–water partition coefficient (Wildman–Crippen LogP) is 4.52. The normalized spacial score (nSPS) is 15.7. The lowest BCUT2D eigenvalue weighted by molar-refractivity contribution is 0.0258. The van der Waals surface area contributed by atoms with Gasteiger partial charge in [-0.15, -0.1) is 0 Å². The summed E-state index contributed by atoms with van der Waals surface area (Å²) in [4.78, 5) is 29.8. The van der Waals surface area contributed by atoms with Crippen LogP contribution in [-0.2, 0) is 28.9 Å². The van der Waals surface area contributed by atoms with Crippen LogP contribution in [0, 0.1) is 6.92 Å². The van der Waals surface area contributed by atoms with Crippen LogP contribution in [0.4, 0.5) is 10.5 Å². The number of methoxy groups -OCH3 is 1. The fraction of sp³-hybridized carbons (Fsp3) is 0.481.